The van der Waals surface area contributed by atoms with E-state index in [9.17, 15) is 20.1 Å². The van der Waals surface area contributed by atoms with Crippen LogP contribution in [0.25, 0.3) is 0 Å². The third-order valence-corrected chi connectivity index (χ3v) is 9.83. The van der Waals surface area contributed by atoms with Gasteiger partial charge in [-0.05, 0) is 25.7 Å². The van der Waals surface area contributed by atoms with Crippen molar-refractivity contribution in [2.75, 3.05) is 6.61 Å². The van der Waals surface area contributed by atoms with Gasteiger partial charge in [-0.25, -0.2) is 0 Å². The Bertz CT molecular complexity index is 709. The van der Waals surface area contributed by atoms with E-state index in [0.717, 1.165) is 25.7 Å². The predicted molar refractivity (Wildman–Crippen MR) is 208 cm³/mol. The Hall–Kier alpha value is -1.17. The fraction of sp³-hybridized carbons (Fsp3) is 0.884. The predicted octanol–water partition coefficient (Wildman–Crippen LogP) is 11.8. The summed E-state index contributed by atoms with van der Waals surface area (Å²) in [6, 6.07) is -0.740. The number of unbranched alkanes of at least 4 members (excludes halogenated alkanes) is 27. The van der Waals surface area contributed by atoms with Gasteiger partial charge in [-0.15, -0.1) is 0 Å². The van der Waals surface area contributed by atoms with Crippen molar-refractivity contribution in [1.82, 2.24) is 5.32 Å². The van der Waals surface area contributed by atoms with E-state index in [1.54, 1.807) is 0 Å². The van der Waals surface area contributed by atoms with E-state index in [2.05, 4.69) is 31.3 Å². The summed E-state index contributed by atoms with van der Waals surface area (Å²) in [6.45, 7) is 4.19. The van der Waals surface area contributed by atoms with Crippen molar-refractivity contribution in [3.63, 3.8) is 0 Å². The molecule has 0 aliphatic heterocycles. The molecule has 0 radical (unpaired) electrons. The fourth-order valence-corrected chi connectivity index (χ4v) is 6.47. The molecular weight excluding hydrogens is 594 g/mol. The number of rotatable bonds is 38. The maximum atomic E-state index is 12.4. The quantitative estimate of drug-likeness (QED) is 0.0387. The molecule has 284 valence electrons. The zero-order valence-electron chi connectivity index (χ0n) is 32.1. The first-order valence-corrected chi connectivity index (χ1v) is 21.1. The summed E-state index contributed by atoms with van der Waals surface area (Å²) in [5, 5.41) is 33.1. The van der Waals surface area contributed by atoms with Gasteiger partial charge in [-0.2, -0.15) is 0 Å². The third-order valence-electron chi connectivity index (χ3n) is 9.83. The largest absolute Gasteiger partial charge is 0.394 e. The monoisotopic (exact) mass is 678 g/mol. The van der Waals surface area contributed by atoms with Crippen LogP contribution in [0.15, 0.2) is 24.3 Å². The van der Waals surface area contributed by atoms with Gasteiger partial charge >= 0.3 is 0 Å². The molecule has 0 rings (SSSR count). The topological polar surface area (TPSA) is 89.8 Å². The highest BCUT2D eigenvalue weighted by atomic mass is 16.3. The smallest absolute Gasteiger partial charge is 0.249 e. The lowest BCUT2D eigenvalue weighted by Crippen LogP contribution is -2.49. The van der Waals surface area contributed by atoms with Gasteiger partial charge in [0.05, 0.1) is 18.8 Å². The second-order valence-corrected chi connectivity index (χ2v) is 14.6. The Morgan fingerprint density at radius 2 is 0.896 bits per heavy atom. The van der Waals surface area contributed by atoms with Crippen molar-refractivity contribution in [2.45, 2.75) is 238 Å². The van der Waals surface area contributed by atoms with E-state index >= 15 is 0 Å². The minimum absolute atomic E-state index is 0.227. The molecule has 0 heterocycles. The highest BCUT2D eigenvalue weighted by Crippen LogP contribution is 2.16. The van der Waals surface area contributed by atoms with Gasteiger partial charge < -0.3 is 20.6 Å². The number of hydrogen-bond acceptors (Lipinski definition) is 4. The number of nitrogens with one attached hydrogen (secondary N) is 1. The first kappa shape index (κ1) is 46.8. The van der Waals surface area contributed by atoms with Crippen molar-refractivity contribution in [3.8, 4) is 0 Å². The molecule has 0 saturated heterocycles. The van der Waals surface area contributed by atoms with Crippen molar-refractivity contribution in [2.24, 2.45) is 0 Å². The molecule has 0 aromatic heterocycles. The van der Waals surface area contributed by atoms with Crippen molar-refractivity contribution in [3.05, 3.63) is 24.3 Å². The maximum Gasteiger partial charge on any atom is 0.249 e. The van der Waals surface area contributed by atoms with Crippen LogP contribution in [0.2, 0.25) is 0 Å². The Kier molecular flexibility index (Phi) is 37.7. The molecule has 0 spiro atoms. The normalized spacial score (nSPS) is 13.9. The lowest BCUT2D eigenvalue weighted by molar-refractivity contribution is -0.131. The molecule has 5 heteroatoms. The van der Waals surface area contributed by atoms with Crippen LogP contribution < -0.4 is 5.32 Å². The van der Waals surface area contributed by atoms with Crippen molar-refractivity contribution in [1.29, 1.82) is 0 Å². The number of allylic oxidation sites excluding steroid dienone is 3. The summed E-state index contributed by atoms with van der Waals surface area (Å²) >= 11 is 0. The number of carbonyl (C=O) groups is 1. The van der Waals surface area contributed by atoms with Gasteiger partial charge in [0, 0.05) is 6.42 Å². The lowest BCUT2D eigenvalue weighted by Gasteiger charge is -2.23. The molecule has 0 aromatic rings. The zero-order chi connectivity index (χ0) is 35.2. The number of carbonyl (C=O) groups excluding carboxylic acids is 1. The number of hydrogen-bond donors (Lipinski definition) is 4. The van der Waals surface area contributed by atoms with Crippen molar-refractivity contribution >= 4 is 5.91 Å². The SMILES string of the molecule is CCCCCCCC/C=C\C/C=C\CC(O)C(=O)NC(CO)C(O)CCCCCCCCCCCCCCCCCCCCCCCC. The molecule has 0 fully saturated rings. The summed E-state index contributed by atoms with van der Waals surface area (Å²) in [4.78, 5) is 12.4. The van der Waals surface area contributed by atoms with Gasteiger partial charge in [0.1, 0.15) is 6.10 Å². The molecule has 3 unspecified atom stereocenters. The van der Waals surface area contributed by atoms with Crippen molar-refractivity contribution < 1.29 is 20.1 Å². The van der Waals surface area contributed by atoms with Crippen LogP contribution in [-0.4, -0.2) is 46.1 Å². The van der Waals surface area contributed by atoms with Gasteiger partial charge in [-0.1, -0.05) is 212 Å². The van der Waals surface area contributed by atoms with Gasteiger partial charge in [0.2, 0.25) is 5.91 Å². The van der Waals surface area contributed by atoms with E-state index in [-0.39, 0.29) is 13.0 Å². The molecule has 0 saturated carbocycles. The second-order valence-electron chi connectivity index (χ2n) is 14.6. The van der Waals surface area contributed by atoms with Crippen LogP contribution in [0.1, 0.15) is 219 Å². The zero-order valence-corrected chi connectivity index (χ0v) is 32.1. The van der Waals surface area contributed by atoms with Crippen LogP contribution in [0.4, 0.5) is 0 Å². The molecule has 5 nitrogen and oxygen atoms in total. The number of aliphatic hydroxyl groups excluding tert-OH is 3. The van der Waals surface area contributed by atoms with Crippen LogP contribution in [-0.2, 0) is 4.79 Å². The third kappa shape index (κ3) is 33.3. The summed E-state index contributed by atoms with van der Waals surface area (Å²) in [6.07, 6.45) is 46.3. The molecule has 1 amide bonds. The summed E-state index contributed by atoms with van der Waals surface area (Å²) < 4.78 is 0. The second kappa shape index (κ2) is 38.6. The molecule has 0 aliphatic rings. The van der Waals surface area contributed by atoms with Crippen LogP contribution >= 0.6 is 0 Å². The average molecular weight is 678 g/mol. The Labute approximate surface area is 299 Å². The molecular formula is C43H83NO4. The fourth-order valence-electron chi connectivity index (χ4n) is 6.47. The van der Waals surface area contributed by atoms with Gasteiger partial charge in [0.25, 0.3) is 0 Å². The average Bonchev–Trinajstić information content (AvgIpc) is 3.09. The van der Waals surface area contributed by atoms with Crippen LogP contribution in [0.3, 0.4) is 0 Å². The van der Waals surface area contributed by atoms with E-state index in [0.29, 0.717) is 6.42 Å². The van der Waals surface area contributed by atoms with E-state index in [4.69, 9.17) is 0 Å². The first-order chi connectivity index (χ1) is 23.6. The molecule has 0 aromatic carbocycles. The Balaban J connectivity index is 3.64. The van der Waals surface area contributed by atoms with Crippen LogP contribution in [0.5, 0.6) is 0 Å². The van der Waals surface area contributed by atoms with E-state index in [1.165, 1.54) is 167 Å². The molecule has 4 N–H and O–H groups in total. The summed E-state index contributed by atoms with van der Waals surface area (Å²) in [5.74, 6) is -0.537. The standard InChI is InChI=1S/C43H83NO4/c1-3-5-7-9-11-13-15-17-18-19-20-21-22-23-24-25-26-28-29-31-33-35-37-41(46)40(39-45)44-43(48)42(47)38-36-34-32-30-27-16-14-12-10-8-6-4-2/h27,30,34,36,40-42,45-47H,3-26,28-29,31-33,35,37-39H2,1-2H3,(H,44,48)/b30-27-,36-34-. The summed E-state index contributed by atoms with van der Waals surface area (Å²) in [7, 11) is 0. The molecule has 3 atom stereocenters. The Morgan fingerprint density at radius 1 is 0.521 bits per heavy atom. The summed E-state index contributed by atoms with van der Waals surface area (Å²) in [5.41, 5.74) is 0. The van der Waals surface area contributed by atoms with Crippen LogP contribution in [0, 0.1) is 0 Å². The van der Waals surface area contributed by atoms with Gasteiger partial charge in [0.15, 0.2) is 0 Å². The minimum Gasteiger partial charge on any atom is -0.394 e. The minimum atomic E-state index is -1.18. The highest BCUT2D eigenvalue weighted by Gasteiger charge is 2.23. The number of amides is 1. The van der Waals surface area contributed by atoms with E-state index in [1.807, 2.05) is 12.2 Å². The molecule has 0 bridgehead atoms. The van der Waals surface area contributed by atoms with Gasteiger partial charge in [-0.3, -0.25) is 4.79 Å². The molecule has 0 aliphatic carbocycles. The Morgan fingerprint density at radius 3 is 1.31 bits per heavy atom. The lowest BCUT2D eigenvalue weighted by atomic mass is 10.0. The first-order valence-electron chi connectivity index (χ1n) is 21.1. The highest BCUT2D eigenvalue weighted by molar-refractivity contribution is 5.81. The maximum absolute atomic E-state index is 12.4. The number of aliphatic hydroxyl groups is 3. The molecule has 48 heavy (non-hydrogen) atoms. The van der Waals surface area contributed by atoms with E-state index < -0.39 is 24.2 Å².